The van der Waals surface area contributed by atoms with E-state index in [0.29, 0.717) is 28.6 Å². The maximum absolute atomic E-state index is 14.3. The zero-order valence-electron chi connectivity index (χ0n) is 21.3. The number of rotatable bonds is 14. The molecule has 0 radical (unpaired) electrons. The van der Waals surface area contributed by atoms with Crippen LogP contribution < -0.4 is 9.62 Å². The summed E-state index contributed by atoms with van der Waals surface area (Å²) < 4.78 is 40.0. The number of hydrogen-bond acceptors (Lipinski definition) is 4. The second kappa shape index (κ2) is 14.5. The van der Waals surface area contributed by atoms with Crippen LogP contribution in [0.2, 0.25) is 10.0 Å². The molecule has 0 spiro atoms. The average Bonchev–Trinajstić information content (AvgIpc) is 2.84. The minimum atomic E-state index is -3.79. The van der Waals surface area contributed by atoms with Gasteiger partial charge in [-0.15, -0.1) is 0 Å². The van der Waals surface area contributed by atoms with E-state index in [9.17, 15) is 22.4 Å². The number of carbonyl (C=O) groups is 2. The largest absolute Gasteiger partial charge is 0.354 e. The van der Waals surface area contributed by atoms with E-state index in [2.05, 4.69) is 5.32 Å². The summed E-state index contributed by atoms with van der Waals surface area (Å²) in [6.45, 7) is 4.38. The Bertz CT molecular complexity index is 1180. The third-order valence-electron chi connectivity index (χ3n) is 5.83. The quantitative estimate of drug-likeness (QED) is 0.306. The van der Waals surface area contributed by atoms with E-state index in [1.54, 1.807) is 24.3 Å². The van der Waals surface area contributed by atoms with Crippen LogP contribution in [-0.2, 0) is 26.2 Å². The molecule has 2 aromatic rings. The molecule has 2 amide bonds. The fourth-order valence-corrected chi connectivity index (χ4v) is 5.18. The van der Waals surface area contributed by atoms with Gasteiger partial charge in [-0.1, -0.05) is 61.7 Å². The summed E-state index contributed by atoms with van der Waals surface area (Å²) in [5.74, 6) is -1.26. The number of nitrogens with zero attached hydrogens (tertiary/aromatic N) is 2. The van der Waals surface area contributed by atoms with Gasteiger partial charge in [0.25, 0.3) is 0 Å². The van der Waals surface area contributed by atoms with Crippen LogP contribution in [0.3, 0.4) is 0 Å². The van der Waals surface area contributed by atoms with E-state index < -0.39 is 21.9 Å². The van der Waals surface area contributed by atoms with Gasteiger partial charge in [0.05, 0.1) is 22.0 Å². The van der Waals surface area contributed by atoms with Crippen LogP contribution in [0.25, 0.3) is 0 Å². The number of unbranched alkanes of at least 4 members (excludes halogenated alkanes) is 1. The second-order valence-corrected chi connectivity index (χ2v) is 11.5. The lowest BCUT2D eigenvalue weighted by Gasteiger charge is -2.31. The number of anilines is 1. The number of hydrogen-bond donors (Lipinski definition) is 1. The molecule has 11 heteroatoms. The van der Waals surface area contributed by atoms with Gasteiger partial charge >= 0.3 is 0 Å². The lowest BCUT2D eigenvalue weighted by molar-refractivity contribution is -0.141. The maximum Gasteiger partial charge on any atom is 0.242 e. The Balaban J connectivity index is 2.23. The SMILES string of the molecule is CCCCNC(=O)[C@@H](CC)N(Cc1ccc(Cl)c(Cl)c1)C(=O)CCCN(c1ccccc1F)S(C)(=O)=O. The Hall–Kier alpha value is -2.36. The molecule has 37 heavy (non-hydrogen) atoms. The number of nitrogens with one attached hydrogen (secondary N) is 1. The Labute approximate surface area is 229 Å². The Morgan fingerprint density at radius 3 is 2.35 bits per heavy atom. The molecule has 204 valence electrons. The molecular formula is C26H34Cl2FN3O4S. The summed E-state index contributed by atoms with van der Waals surface area (Å²) in [4.78, 5) is 27.9. The Kier molecular flexibility index (Phi) is 12.1. The van der Waals surface area contributed by atoms with Crippen LogP contribution in [-0.4, -0.2) is 50.5 Å². The normalized spacial score (nSPS) is 12.2. The van der Waals surface area contributed by atoms with E-state index in [4.69, 9.17) is 23.2 Å². The smallest absolute Gasteiger partial charge is 0.242 e. The summed E-state index contributed by atoms with van der Waals surface area (Å²) in [5, 5.41) is 3.60. The Morgan fingerprint density at radius 2 is 1.76 bits per heavy atom. The van der Waals surface area contributed by atoms with Crippen LogP contribution >= 0.6 is 23.2 Å². The fraction of sp³-hybridized carbons (Fsp3) is 0.462. The molecule has 0 heterocycles. The van der Waals surface area contributed by atoms with Crippen molar-refractivity contribution in [1.82, 2.24) is 10.2 Å². The molecule has 0 fully saturated rings. The summed E-state index contributed by atoms with van der Waals surface area (Å²) in [5.41, 5.74) is 0.624. The summed E-state index contributed by atoms with van der Waals surface area (Å²) in [6, 6.07) is 9.86. The topological polar surface area (TPSA) is 86.8 Å². The molecule has 0 saturated heterocycles. The first kappa shape index (κ1) is 30.9. The molecule has 1 N–H and O–H groups in total. The van der Waals surface area contributed by atoms with Gasteiger partial charge in [0, 0.05) is 26.1 Å². The molecule has 0 aromatic heterocycles. The van der Waals surface area contributed by atoms with Gasteiger partial charge in [0.15, 0.2) is 0 Å². The molecule has 2 aromatic carbocycles. The van der Waals surface area contributed by atoms with Crippen molar-refractivity contribution in [2.45, 2.75) is 58.5 Å². The Morgan fingerprint density at radius 1 is 1.05 bits per heavy atom. The molecule has 0 unspecified atom stereocenters. The lowest BCUT2D eigenvalue weighted by Crippen LogP contribution is -2.49. The van der Waals surface area contributed by atoms with Crippen LogP contribution in [0.1, 0.15) is 51.5 Å². The average molecular weight is 575 g/mol. The highest BCUT2D eigenvalue weighted by atomic mass is 35.5. The van der Waals surface area contributed by atoms with Gasteiger partial charge in [-0.05, 0) is 49.1 Å². The molecule has 0 aliphatic heterocycles. The summed E-state index contributed by atoms with van der Waals surface area (Å²) in [6.07, 6.45) is 3.20. The van der Waals surface area contributed by atoms with Gasteiger partial charge in [-0.3, -0.25) is 13.9 Å². The monoisotopic (exact) mass is 573 g/mol. The van der Waals surface area contributed by atoms with Crippen molar-refractivity contribution in [1.29, 1.82) is 0 Å². The number of halogens is 3. The molecule has 7 nitrogen and oxygen atoms in total. The van der Waals surface area contributed by atoms with Gasteiger partial charge in [0.2, 0.25) is 21.8 Å². The van der Waals surface area contributed by atoms with Crippen molar-refractivity contribution < 1.29 is 22.4 Å². The number of carbonyl (C=O) groups excluding carboxylic acids is 2. The number of sulfonamides is 1. The van der Waals surface area contributed by atoms with Crippen LogP contribution in [0.15, 0.2) is 42.5 Å². The standard InChI is InChI=1S/C26H34Cl2FN3O4S/c1-4-6-15-30-26(34)23(5-2)31(18-19-13-14-20(27)21(28)17-19)25(33)12-9-16-32(37(3,35)36)24-11-8-7-10-22(24)29/h7-8,10-11,13-14,17,23H,4-6,9,12,15-16,18H2,1-3H3,(H,30,34)/t23-/m1/s1. The van der Waals surface area contributed by atoms with Crippen molar-refractivity contribution in [3.05, 3.63) is 63.9 Å². The van der Waals surface area contributed by atoms with E-state index >= 15 is 0 Å². The van der Waals surface area contributed by atoms with E-state index in [1.807, 2.05) is 13.8 Å². The van der Waals surface area contributed by atoms with Crippen LogP contribution in [0, 0.1) is 5.82 Å². The van der Waals surface area contributed by atoms with Gasteiger partial charge in [-0.25, -0.2) is 12.8 Å². The van der Waals surface area contributed by atoms with Crippen molar-refractivity contribution in [3.63, 3.8) is 0 Å². The van der Waals surface area contributed by atoms with Crippen molar-refractivity contribution in [2.75, 3.05) is 23.7 Å². The summed E-state index contributed by atoms with van der Waals surface area (Å²) >= 11 is 12.2. The van der Waals surface area contributed by atoms with Crippen molar-refractivity contribution >= 4 is 50.7 Å². The van der Waals surface area contributed by atoms with E-state index in [-0.39, 0.29) is 43.4 Å². The first-order chi connectivity index (χ1) is 17.5. The molecule has 0 saturated carbocycles. The zero-order valence-corrected chi connectivity index (χ0v) is 23.7. The molecule has 0 bridgehead atoms. The van der Waals surface area contributed by atoms with Gasteiger partial charge < -0.3 is 10.2 Å². The fourth-order valence-electron chi connectivity index (χ4n) is 3.90. The highest BCUT2D eigenvalue weighted by Crippen LogP contribution is 2.25. The minimum Gasteiger partial charge on any atom is -0.354 e. The molecular weight excluding hydrogens is 540 g/mol. The first-order valence-corrected chi connectivity index (χ1v) is 14.8. The zero-order chi connectivity index (χ0) is 27.6. The number of benzene rings is 2. The predicted molar refractivity (Wildman–Crippen MR) is 147 cm³/mol. The molecule has 0 aliphatic rings. The van der Waals surface area contributed by atoms with Crippen LogP contribution in [0.4, 0.5) is 10.1 Å². The number of amides is 2. The van der Waals surface area contributed by atoms with E-state index in [1.165, 1.54) is 23.1 Å². The highest BCUT2D eigenvalue weighted by Gasteiger charge is 2.29. The van der Waals surface area contributed by atoms with Gasteiger partial charge in [0.1, 0.15) is 11.9 Å². The first-order valence-electron chi connectivity index (χ1n) is 12.2. The lowest BCUT2D eigenvalue weighted by atomic mass is 10.1. The maximum atomic E-state index is 14.3. The third-order valence-corrected chi connectivity index (χ3v) is 7.74. The summed E-state index contributed by atoms with van der Waals surface area (Å²) in [7, 11) is -3.79. The van der Waals surface area contributed by atoms with E-state index in [0.717, 1.165) is 23.4 Å². The molecule has 0 aliphatic carbocycles. The van der Waals surface area contributed by atoms with Crippen LogP contribution in [0.5, 0.6) is 0 Å². The third kappa shape index (κ3) is 9.16. The predicted octanol–water partition coefficient (Wildman–Crippen LogP) is 5.40. The molecule has 2 rings (SSSR count). The molecule has 1 atom stereocenters. The second-order valence-electron chi connectivity index (χ2n) is 8.73. The number of para-hydroxylation sites is 1. The highest BCUT2D eigenvalue weighted by molar-refractivity contribution is 7.92. The van der Waals surface area contributed by atoms with Crippen molar-refractivity contribution in [3.8, 4) is 0 Å². The minimum absolute atomic E-state index is 0.0411. The van der Waals surface area contributed by atoms with Crippen molar-refractivity contribution in [2.24, 2.45) is 0 Å². The van der Waals surface area contributed by atoms with Gasteiger partial charge in [-0.2, -0.15) is 0 Å².